The molecule has 0 spiro atoms. The molecule has 0 aliphatic rings. The van der Waals surface area contributed by atoms with E-state index in [-0.39, 0.29) is 16.2 Å². The first-order valence-electron chi connectivity index (χ1n) is 10.7. The molecular formula is C26H34N4. The lowest BCUT2D eigenvalue weighted by atomic mass is 9.78. The first kappa shape index (κ1) is 22.1. The number of hydrogen-bond donors (Lipinski definition) is 0. The van der Waals surface area contributed by atoms with Crippen LogP contribution in [0.5, 0.6) is 0 Å². The van der Waals surface area contributed by atoms with Crippen molar-refractivity contribution in [3.8, 4) is 0 Å². The molecule has 3 heterocycles. The molecule has 0 bridgehead atoms. The number of hydrogen-bond acceptors (Lipinski definition) is 4. The molecule has 0 fully saturated rings. The third-order valence-electron chi connectivity index (χ3n) is 5.63. The van der Waals surface area contributed by atoms with Gasteiger partial charge in [-0.2, -0.15) is 0 Å². The normalized spacial score (nSPS) is 12.8. The van der Waals surface area contributed by atoms with Gasteiger partial charge in [-0.25, -0.2) is 9.97 Å². The van der Waals surface area contributed by atoms with Crippen LogP contribution in [0.1, 0.15) is 76.8 Å². The number of nitrogens with zero attached hydrogens (tertiary/aromatic N) is 4. The van der Waals surface area contributed by atoms with E-state index < -0.39 is 0 Å². The molecular weight excluding hydrogens is 368 g/mol. The Hall–Kier alpha value is -2.62. The fourth-order valence-electron chi connectivity index (χ4n) is 3.78. The summed E-state index contributed by atoms with van der Waals surface area (Å²) < 4.78 is 0. The molecule has 3 rings (SSSR count). The zero-order valence-electron chi connectivity index (χ0n) is 19.4. The van der Waals surface area contributed by atoms with Crippen molar-refractivity contribution in [3.05, 3.63) is 83.5 Å². The van der Waals surface area contributed by atoms with E-state index in [1.165, 1.54) is 11.1 Å². The van der Waals surface area contributed by atoms with E-state index in [0.29, 0.717) is 0 Å². The summed E-state index contributed by atoms with van der Waals surface area (Å²) in [6, 6.07) is 10.6. The number of pyridine rings is 2. The molecule has 0 aromatic carbocycles. The van der Waals surface area contributed by atoms with E-state index in [4.69, 9.17) is 0 Å². The van der Waals surface area contributed by atoms with Gasteiger partial charge in [-0.05, 0) is 53.3 Å². The standard InChI is InChI=1S/C26H34N4/c1-24(2,3)22-15-19(9-13-28-22)17-25(4,5)20-10-14-27-21(16-20)18-26(6,7)23-29-11-8-12-30-23/h8-16H,17-18H2,1-7H3. The predicted octanol–water partition coefficient (Wildman–Crippen LogP) is 5.60. The maximum atomic E-state index is 4.65. The molecule has 30 heavy (non-hydrogen) atoms. The second-order valence-electron chi connectivity index (χ2n) is 10.5. The fraction of sp³-hybridized carbons (Fsp3) is 0.462. The second-order valence-corrected chi connectivity index (χ2v) is 10.5. The van der Waals surface area contributed by atoms with Crippen LogP contribution < -0.4 is 0 Å². The molecule has 0 radical (unpaired) electrons. The van der Waals surface area contributed by atoms with Gasteiger partial charge in [-0.3, -0.25) is 9.97 Å². The zero-order valence-corrected chi connectivity index (χ0v) is 19.4. The Balaban J connectivity index is 1.82. The summed E-state index contributed by atoms with van der Waals surface area (Å²) in [5.41, 5.74) is 4.68. The number of aromatic nitrogens is 4. The van der Waals surface area contributed by atoms with Crippen molar-refractivity contribution in [2.24, 2.45) is 0 Å². The molecule has 0 saturated heterocycles. The molecule has 0 aliphatic heterocycles. The van der Waals surface area contributed by atoms with Crippen molar-refractivity contribution in [2.75, 3.05) is 0 Å². The molecule has 4 nitrogen and oxygen atoms in total. The highest BCUT2D eigenvalue weighted by Gasteiger charge is 2.27. The lowest BCUT2D eigenvalue weighted by Gasteiger charge is -2.28. The van der Waals surface area contributed by atoms with Crippen LogP contribution in [0.4, 0.5) is 0 Å². The summed E-state index contributed by atoms with van der Waals surface area (Å²) in [5, 5.41) is 0. The van der Waals surface area contributed by atoms with Crippen LogP contribution in [0.15, 0.2) is 55.1 Å². The van der Waals surface area contributed by atoms with Crippen LogP contribution in [0, 0.1) is 0 Å². The smallest absolute Gasteiger partial charge is 0.134 e. The van der Waals surface area contributed by atoms with Crippen molar-refractivity contribution < 1.29 is 0 Å². The number of rotatable bonds is 6. The Bertz CT molecular complexity index is 985. The van der Waals surface area contributed by atoms with E-state index >= 15 is 0 Å². The summed E-state index contributed by atoms with van der Waals surface area (Å²) in [5.74, 6) is 0.850. The minimum Gasteiger partial charge on any atom is -0.261 e. The highest BCUT2D eigenvalue weighted by molar-refractivity contribution is 5.30. The highest BCUT2D eigenvalue weighted by atomic mass is 14.9. The largest absolute Gasteiger partial charge is 0.261 e. The molecule has 0 atom stereocenters. The molecule has 4 heteroatoms. The van der Waals surface area contributed by atoms with Crippen molar-refractivity contribution in [2.45, 2.75) is 77.6 Å². The molecule has 0 amide bonds. The third-order valence-corrected chi connectivity index (χ3v) is 5.63. The van der Waals surface area contributed by atoms with Crippen molar-refractivity contribution >= 4 is 0 Å². The van der Waals surface area contributed by atoms with Gasteiger partial charge in [0.1, 0.15) is 5.82 Å². The maximum Gasteiger partial charge on any atom is 0.134 e. The second kappa shape index (κ2) is 8.25. The van der Waals surface area contributed by atoms with Gasteiger partial charge in [0.05, 0.1) is 0 Å². The van der Waals surface area contributed by atoms with E-state index in [1.807, 2.05) is 18.5 Å². The first-order valence-corrected chi connectivity index (χ1v) is 10.7. The molecule has 0 aliphatic carbocycles. The van der Waals surface area contributed by atoms with Gasteiger partial charge in [-0.15, -0.1) is 0 Å². The highest BCUT2D eigenvalue weighted by Crippen LogP contribution is 2.31. The van der Waals surface area contributed by atoms with Gasteiger partial charge >= 0.3 is 0 Å². The van der Waals surface area contributed by atoms with Crippen LogP contribution in [-0.2, 0) is 29.1 Å². The van der Waals surface area contributed by atoms with Crippen LogP contribution in [0.25, 0.3) is 0 Å². The summed E-state index contributed by atoms with van der Waals surface area (Å²) in [4.78, 5) is 18.1. The van der Waals surface area contributed by atoms with E-state index in [2.05, 4.69) is 92.7 Å². The molecule has 158 valence electrons. The maximum absolute atomic E-state index is 4.65. The SMILES string of the molecule is CC(C)(C)c1cc(CC(C)(C)c2ccnc(CC(C)(C)c3ncccn3)c2)ccn1. The Morgan fingerprint density at radius 1 is 0.667 bits per heavy atom. The average Bonchev–Trinajstić information content (AvgIpc) is 2.68. The zero-order chi connectivity index (χ0) is 22.0. The third kappa shape index (κ3) is 5.29. The average molecular weight is 403 g/mol. The molecule has 0 N–H and O–H groups in total. The predicted molar refractivity (Wildman–Crippen MR) is 123 cm³/mol. The van der Waals surface area contributed by atoms with Crippen LogP contribution in [0.3, 0.4) is 0 Å². The van der Waals surface area contributed by atoms with Gasteiger partial charge in [0.25, 0.3) is 0 Å². The van der Waals surface area contributed by atoms with E-state index in [0.717, 1.165) is 30.1 Å². The summed E-state index contributed by atoms with van der Waals surface area (Å²) in [6.07, 6.45) is 9.22. The van der Waals surface area contributed by atoms with Crippen LogP contribution in [0.2, 0.25) is 0 Å². The minimum atomic E-state index is -0.177. The van der Waals surface area contributed by atoms with Gasteiger partial charge < -0.3 is 0 Å². The molecule has 3 aromatic heterocycles. The lowest BCUT2D eigenvalue weighted by Crippen LogP contribution is -2.25. The molecule has 0 saturated carbocycles. The lowest BCUT2D eigenvalue weighted by molar-refractivity contribution is 0.477. The van der Waals surface area contributed by atoms with Crippen LogP contribution in [-0.4, -0.2) is 19.9 Å². The van der Waals surface area contributed by atoms with Crippen molar-refractivity contribution in [3.63, 3.8) is 0 Å². The minimum absolute atomic E-state index is 0.0123. The van der Waals surface area contributed by atoms with Crippen LogP contribution >= 0.6 is 0 Å². The van der Waals surface area contributed by atoms with Crippen molar-refractivity contribution in [1.82, 2.24) is 19.9 Å². The first-order chi connectivity index (χ1) is 14.0. The fourth-order valence-corrected chi connectivity index (χ4v) is 3.78. The van der Waals surface area contributed by atoms with Gasteiger partial charge in [0.2, 0.25) is 0 Å². The summed E-state index contributed by atoms with van der Waals surface area (Å²) in [7, 11) is 0. The Labute approximate surface area is 181 Å². The summed E-state index contributed by atoms with van der Waals surface area (Å²) in [6.45, 7) is 15.6. The molecule has 3 aromatic rings. The Morgan fingerprint density at radius 2 is 1.33 bits per heavy atom. The topological polar surface area (TPSA) is 51.6 Å². The summed E-state index contributed by atoms with van der Waals surface area (Å²) >= 11 is 0. The van der Waals surface area contributed by atoms with Gasteiger partial charge in [0.15, 0.2) is 0 Å². The monoisotopic (exact) mass is 402 g/mol. The van der Waals surface area contributed by atoms with Crippen molar-refractivity contribution in [1.29, 1.82) is 0 Å². The van der Waals surface area contributed by atoms with E-state index in [9.17, 15) is 0 Å². The van der Waals surface area contributed by atoms with Gasteiger partial charge in [-0.1, -0.05) is 48.5 Å². The van der Waals surface area contributed by atoms with E-state index in [1.54, 1.807) is 12.4 Å². The Morgan fingerprint density at radius 3 is 2.00 bits per heavy atom. The van der Waals surface area contributed by atoms with Gasteiger partial charge in [0, 0.05) is 53.4 Å². The quantitative estimate of drug-likeness (QED) is 0.538. The molecule has 0 unspecified atom stereocenters. The Kier molecular flexibility index (Phi) is 6.07.